The summed E-state index contributed by atoms with van der Waals surface area (Å²) in [6, 6.07) is 12.5. The number of esters is 4. The molecule has 0 bridgehead atoms. The maximum atomic E-state index is 12.9. The highest BCUT2D eigenvalue weighted by Crippen LogP contribution is 2.19. The largest absolute Gasteiger partial charge is 0.444 e. The van der Waals surface area contributed by atoms with Crippen molar-refractivity contribution in [3.05, 3.63) is 59.7 Å². The monoisotopic (exact) mass is 839 g/mol. The zero-order valence-electron chi connectivity index (χ0n) is 34.9. The number of ether oxygens (including phenoxy) is 5. The summed E-state index contributed by atoms with van der Waals surface area (Å²) in [5.74, 6) is -3.52. The first-order valence-corrected chi connectivity index (χ1v) is 19.1. The molecule has 2 unspecified atom stereocenters. The Balaban J connectivity index is 0.00000109. The van der Waals surface area contributed by atoms with E-state index in [1.165, 1.54) is 13.8 Å². The van der Waals surface area contributed by atoms with Crippen molar-refractivity contribution in [3.63, 3.8) is 0 Å². The number of amides is 5. The van der Waals surface area contributed by atoms with Crippen LogP contribution in [0, 0.1) is 0 Å². The molecule has 19 heteroatoms. The maximum Gasteiger partial charge on any atom is 0.405 e. The van der Waals surface area contributed by atoms with Crippen LogP contribution >= 0.6 is 0 Å². The third-order valence-electron chi connectivity index (χ3n) is 9.13. The number of nitrogens with two attached hydrogens (primary N) is 1. The lowest BCUT2D eigenvalue weighted by atomic mass is 10.1. The number of carbonyl (C=O) groups is 9. The number of carbonyl (C=O) groups excluding carboxylic acids is 9. The van der Waals surface area contributed by atoms with Gasteiger partial charge in [-0.25, -0.2) is 14.6 Å². The number of primary amides is 1. The third kappa shape index (κ3) is 16.2. The van der Waals surface area contributed by atoms with E-state index in [-0.39, 0.29) is 39.0 Å². The molecule has 60 heavy (non-hydrogen) atoms. The van der Waals surface area contributed by atoms with E-state index >= 15 is 0 Å². The Morgan fingerprint density at radius 1 is 0.600 bits per heavy atom. The molecule has 2 aromatic carbocycles. The summed E-state index contributed by atoms with van der Waals surface area (Å²) < 4.78 is 24.9. The Kier molecular flexibility index (Phi) is 17.9. The van der Waals surface area contributed by atoms with Gasteiger partial charge in [-0.3, -0.25) is 48.2 Å². The van der Waals surface area contributed by atoms with Crippen LogP contribution in [0.15, 0.2) is 48.5 Å². The van der Waals surface area contributed by atoms with Crippen LogP contribution in [-0.2, 0) is 65.4 Å². The number of hydrogen-bond acceptors (Lipinski definition) is 16. The van der Waals surface area contributed by atoms with E-state index in [0.29, 0.717) is 24.3 Å². The molecule has 0 spiro atoms. The molecule has 0 radical (unpaired) electrons. The number of piperazine rings is 2. The summed E-state index contributed by atoms with van der Waals surface area (Å²) in [6.45, 7) is 9.85. The lowest BCUT2D eigenvalue weighted by Crippen LogP contribution is -2.63. The molecule has 2 saturated heterocycles. The maximum absolute atomic E-state index is 12.9. The topological polar surface area (TPSA) is 239 Å². The van der Waals surface area contributed by atoms with Crippen molar-refractivity contribution in [2.24, 2.45) is 5.73 Å². The van der Waals surface area contributed by atoms with Crippen LogP contribution in [0.25, 0.3) is 0 Å². The van der Waals surface area contributed by atoms with Gasteiger partial charge < -0.3 is 29.4 Å². The van der Waals surface area contributed by atoms with Gasteiger partial charge in [0.2, 0.25) is 23.6 Å². The Hall–Kier alpha value is -6.21. The Morgan fingerprint density at radius 3 is 1.17 bits per heavy atom. The highest BCUT2D eigenvalue weighted by atomic mass is 16.6. The van der Waals surface area contributed by atoms with Crippen LogP contribution in [0.4, 0.5) is 4.79 Å². The van der Waals surface area contributed by atoms with E-state index in [1.54, 1.807) is 92.9 Å². The number of benzene rings is 2. The minimum atomic E-state index is -0.725. The van der Waals surface area contributed by atoms with E-state index in [1.807, 2.05) is 0 Å². The molecule has 19 nitrogen and oxygen atoms in total. The molecule has 2 aliphatic heterocycles. The van der Waals surface area contributed by atoms with E-state index in [4.69, 9.17) is 24.7 Å². The molecule has 2 N–H and O–H groups in total. The van der Waals surface area contributed by atoms with Gasteiger partial charge in [0, 0.05) is 38.8 Å². The van der Waals surface area contributed by atoms with Gasteiger partial charge >= 0.3 is 30.0 Å². The second-order valence-electron chi connectivity index (χ2n) is 15.0. The number of rotatable bonds is 15. The zero-order chi connectivity index (χ0) is 44.7. The highest BCUT2D eigenvalue weighted by molar-refractivity contribution is 6.00. The normalized spacial score (nSPS) is 15.9. The molecule has 326 valence electrons. The van der Waals surface area contributed by atoms with Crippen LogP contribution in [0.2, 0.25) is 0 Å². The Morgan fingerprint density at radius 2 is 0.917 bits per heavy atom. The lowest BCUT2D eigenvalue weighted by molar-refractivity contribution is -0.169. The molecule has 2 aromatic rings. The van der Waals surface area contributed by atoms with Crippen LogP contribution in [-0.4, -0.2) is 131 Å². The van der Waals surface area contributed by atoms with Crippen molar-refractivity contribution in [3.8, 4) is 11.5 Å². The summed E-state index contributed by atoms with van der Waals surface area (Å²) in [4.78, 5) is 114. The summed E-state index contributed by atoms with van der Waals surface area (Å²) in [6.07, 6.45) is -0.0314. The van der Waals surface area contributed by atoms with Gasteiger partial charge in [0.1, 0.15) is 17.1 Å². The van der Waals surface area contributed by atoms with Crippen LogP contribution in [0.1, 0.15) is 72.4 Å². The minimum absolute atomic E-state index is 0.00707. The van der Waals surface area contributed by atoms with Gasteiger partial charge in [-0.15, -0.1) is 0 Å². The lowest BCUT2D eigenvalue weighted by Gasteiger charge is -2.43. The molecule has 5 amide bonds. The van der Waals surface area contributed by atoms with Crippen molar-refractivity contribution >= 4 is 53.6 Å². The predicted molar refractivity (Wildman–Crippen MR) is 210 cm³/mol. The highest BCUT2D eigenvalue weighted by Gasteiger charge is 2.40. The van der Waals surface area contributed by atoms with Crippen molar-refractivity contribution in [2.45, 2.75) is 91.8 Å². The van der Waals surface area contributed by atoms with Gasteiger partial charge in [-0.1, -0.05) is 24.3 Å². The molecule has 0 aliphatic carbocycles. The first-order valence-electron chi connectivity index (χ1n) is 19.1. The fraction of sp³-hybridized carbons (Fsp3) is 0.488. The van der Waals surface area contributed by atoms with Gasteiger partial charge in [0.25, 0.3) is 0 Å². The second kappa shape index (κ2) is 22.2. The SMILES string of the molecule is CC(=O)Oc1ccc(CCC(=O)OCN2C(=O)CN(C(C)C(C)N3CC(=O)N(COC(=O)CCc4ccc(OC(C)=O)cc4)C(=O)C3)CC2=O)cc1.CC(C)(C)OC(N)=O. The molecule has 4 rings (SSSR count). The fourth-order valence-electron chi connectivity index (χ4n) is 5.89. The van der Waals surface area contributed by atoms with Gasteiger partial charge in [-0.05, 0) is 82.9 Å². The summed E-state index contributed by atoms with van der Waals surface area (Å²) in [7, 11) is 0. The first-order chi connectivity index (χ1) is 28.1. The summed E-state index contributed by atoms with van der Waals surface area (Å²) in [5.41, 5.74) is 5.87. The quantitative estimate of drug-likeness (QED) is 0.117. The second-order valence-corrected chi connectivity index (χ2v) is 15.0. The fourth-order valence-corrected chi connectivity index (χ4v) is 5.89. The van der Waals surface area contributed by atoms with Crippen LogP contribution in [0.5, 0.6) is 11.5 Å². The molecule has 2 heterocycles. The van der Waals surface area contributed by atoms with Crippen molar-refractivity contribution in [1.29, 1.82) is 0 Å². The van der Waals surface area contributed by atoms with Gasteiger partial charge in [0.05, 0.1) is 26.2 Å². The molecule has 2 fully saturated rings. The molecule has 0 saturated carbocycles. The van der Waals surface area contributed by atoms with Gasteiger partial charge in [-0.2, -0.15) is 0 Å². The van der Waals surface area contributed by atoms with Crippen molar-refractivity contribution < 1.29 is 66.8 Å². The van der Waals surface area contributed by atoms with E-state index in [9.17, 15) is 43.2 Å². The number of imide groups is 2. The Labute approximate surface area is 347 Å². The third-order valence-corrected chi connectivity index (χ3v) is 9.13. The van der Waals surface area contributed by atoms with E-state index in [0.717, 1.165) is 20.9 Å². The number of aryl methyl sites for hydroxylation is 2. The summed E-state index contributed by atoms with van der Waals surface area (Å²) >= 11 is 0. The standard InChI is InChI=1S/C36H42N4O12.C5H11NO2/c1-23(37-17-31(43)39(32(44)18-37)21-49-35(47)15-9-27-5-11-29(12-6-27)51-25(3)41)24(2)38-19-33(45)40(34(46)20-38)22-50-36(48)16-10-28-7-13-30(14-8-28)52-26(4)42;1-5(2,3)8-4(6)7/h5-8,11-14,23-24H,9-10,15-22H2,1-4H3;1-3H3,(H2,6,7). The number of nitrogens with zero attached hydrogens (tertiary/aromatic N) is 4. The van der Waals surface area contributed by atoms with Crippen LogP contribution < -0.4 is 15.2 Å². The minimum Gasteiger partial charge on any atom is -0.444 e. The number of hydrogen-bond donors (Lipinski definition) is 1. The van der Waals surface area contributed by atoms with Gasteiger partial charge in [0.15, 0.2) is 13.5 Å². The van der Waals surface area contributed by atoms with Crippen molar-refractivity contribution in [2.75, 3.05) is 39.6 Å². The molecule has 2 atom stereocenters. The molecular weight excluding hydrogens is 786 g/mol. The van der Waals surface area contributed by atoms with E-state index in [2.05, 4.69) is 4.74 Å². The smallest absolute Gasteiger partial charge is 0.405 e. The van der Waals surface area contributed by atoms with E-state index < -0.39 is 84.7 Å². The Bertz CT molecular complexity index is 1730. The molecular formula is C41H53N5O14. The average molecular weight is 840 g/mol. The average Bonchev–Trinajstić information content (AvgIpc) is 3.14. The first kappa shape index (κ1) is 48.2. The predicted octanol–water partition coefficient (Wildman–Crippen LogP) is 2.10. The molecule has 2 aliphatic rings. The zero-order valence-corrected chi connectivity index (χ0v) is 34.9. The summed E-state index contributed by atoms with van der Waals surface area (Å²) in [5, 5.41) is 0. The van der Waals surface area contributed by atoms with Crippen LogP contribution in [0.3, 0.4) is 0 Å². The van der Waals surface area contributed by atoms with Crippen molar-refractivity contribution in [1.82, 2.24) is 19.6 Å². The molecule has 0 aromatic heterocycles.